The molecule has 1 heterocycles. The van der Waals surface area contributed by atoms with Gasteiger partial charge >= 0.3 is 6.09 Å². The summed E-state index contributed by atoms with van der Waals surface area (Å²) in [6.07, 6.45) is 3.89. The molecule has 2 aliphatic rings. The summed E-state index contributed by atoms with van der Waals surface area (Å²) in [7, 11) is 0. The molecule has 0 aromatic carbocycles. The van der Waals surface area contributed by atoms with Gasteiger partial charge in [0.05, 0.1) is 18.8 Å². The quantitative estimate of drug-likeness (QED) is 0.813. The molecule has 5 heteroatoms. The molecule has 0 aromatic heterocycles. The van der Waals surface area contributed by atoms with Crippen LogP contribution in [0.2, 0.25) is 0 Å². The summed E-state index contributed by atoms with van der Waals surface area (Å²) >= 11 is 0. The lowest BCUT2D eigenvalue weighted by Gasteiger charge is -2.41. The number of hydrogen-bond donors (Lipinski definition) is 2. The minimum atomic E-state index is -0.977. The topological polar surface area (TPSA) is 70.0 Å². The highest BCUT2D eigenvalue weighted by Gasteiger charge is 2.55. The molecule has 2 fully saturated rings. The number of hydrogen-bond acceptors (Lipinski definition) is 4. The van der Waals surface area contributed by atoms with Crippen molar-refractivity contribution in [1.82, 2.24) is 4.90 Å². The van der Waals surface area contributed by atoms with Crippen LogP contribution in [0, 0.1) is 5.41 Å². The van der Waals surface area contributed by atoms with Crippen LogP contribution in [0.4, 0.5) is 4.79 Å². The number of β-amino-alcohol motifs (C(OH)–C–C–N with tert-alkyl or cyclic N) is 1. The van der Waals surface area contributed by atoms with Crippen LogP contribution >= 0.6 is 0 Å². The summed E-state index contributed by atoms with van der Waals surface area (Å²) in [5.74, 6) is 0. The van der Waals surface area contributed by atoms with Crippen molar-refractivity contribution in [3.05, 3.63) is 0 Å². The van der Waals surface area contributed by atoms with Gasteiger partial charge in [-0.15, -0.1) is 0 Å². The van der Waals surface area contributed by atoms with Crippen molar-refractivity contribution in [2.75, 3.05) is 19.7 Å². The van der Waals surface area contributed by atoms with Crippen molar-refractivity contribution < 1.29 is 19.7 Å². The molecule has 0 bridgehead atoms. The van der Waals surface area contributed by atoms with Gasteiger partial charge in [0.1, 0.15) is 5.60 Å². The van der Waals surface area contributed by atoms with Crippen molar-refractivity contribution >= 4 is 6.09 Å². The third-order valence-electron chi connectivity index (χ3n) is 4.75. The zero-order valence-corrected chi connectivity index (χ0v) is 12.8. The molecule has 20 heavy (non-hydrogen) atoms. The van der Waals surface area contributed by atoms with Crippen molar-refractivity contribution in [1.29, 1.82) is 0 Å². The second-order valence-corrected chi connectivity index (χ2v) is 7.33. The molecule has 2 rings (SSSR count). The highest BCUT2D eigenvalue weighted by atomic mass is 16.6. The SMILES string of the molecule is CC(C)(C)OC(=O)N1CCC(O)(C2(CO)CCCC2)C1. The van der Waals surface area contributed by atoms with E-state index in [2.05, 4.69) is 0 Å². The fourth-order valence-electron chi connectivity index (χ4n) is 3.53. The molecule has 1 saturated heterocycles. The van der Waals surface area contributed by atoms with Crippen LogP contribution in [0.3, 0.4) is 0 Å². The Hall–Kier alpha value is -0.810. The number of likely N-dealkylation sites (tertiary alicyclic amines) is 1. The van der Waals surface area contributed by atoms with Gasteiger partial charge in [-0.3, -0.25) is 0 Å². The maximum atomic E-state index is 12.1. The first kappa shape index (κ1) is 15.6. The van der Waals surface area contributed by atoms with E-state index in [0.717, 1.165) is 25.7 Å². The summed E-state index contributed by atoms with van der Waals surface area (Å²) in [5, 5.41) is 20.7. The standard InChI is InChI=1S/C15H27NO4/c1-13(2,3)20-12(18)16-9-8-15(19,10-16)14(11-17)6-4-5-7-14/h17,19H,4-11H2,1-3H3. The molecule has 0 spiro atoms. The van der Waals surface area contributed by atoms with Crippen molar-refractivity contribution in [3.8, 4) is 0 Å². The zero-order valence-electron chi connectivity index (χ0n) is 12.8. The van der Waals surface area contributed by atoms with E-state index in [1.807, 2.05) is 20.8 Å². The summed E-state index contributed by atoms with van der Waals surface area (Å²) in [4.78, 5) is 13.7. The van der Waals surface area contributed by atoms with E-state index in [9.17, 15) is 15.0 Å². The molecule has 1 atom stereocenters. The Morgan fingerprint density at radius 3 is 2.35 bits per heavy atom. The minimum Gasteiger partial charge on any atom is -0.444 e. The number of nitrogens with zero attached hydrogens (tertiary/aromatic N) is 1. The van der Waals surface area contributed by atoms with Gasteiger partial charge < -0.3 is 19.8 Å². The molecular weight excluding hydrogens is 258 g/mol. The Morgan fingerprint density at radius 1 is 1.25 bits per heavy atom. The fourth-order valence-corrected chi connectivity index (χ4v) is 3.53. The molecule has 1 aliphatic carbocycles. The van der Waals surface area contributed by atoms with Crippen LogP contribution in [0.1, 0.15) is 52.9 Å². The molecule has 2 N–H and O–H groups in total. The maximum Gasteiger partial charge on any atom is 0.410 e. The Labute approximate surface area is 120 Å². The number of carbonyl (C=O) groups excluding carboxylic acids is 1. The van der Waals surface area contributed by atoms with E-state index < -0.39 is 16.6 Å². The van der Waals surface area contributed by atoms with Crippen molar-refractivity contribution in [2.24, 2.45) is 5.41 Å². The number of aliphatic hydroxyl groups is 2. The van der Waals surface area contributed by atoms with Gasteiger partial charge in [0, 0.05) is 12.0 Å². The van der Waals surface area contributed by atoms with Crippen LogP contribution in [0.5, 0.6) is 0 Å². The van der Waals surface area contributed by atoms with E-state index in [1.165, 1.54) is 0 Å². The van der Waals surface area contributed by atoms with Gasteiger partial charge in [0.25, 0.3) is 0 Å². The van der Waals surface area contributed by atoms with Crippen LogP contribution in [0.15, 0.2) is 0 Å². The Balaban J connectivity index is 2.05. The van der Waals surface area contributed by atoms with Crippen LogP contribution in [-0.4, -0.2) is 52.1 Å². The van der Waals surface area contributed by atoms with Crippen LogP contribution < -0.4 is 0 Å². The van der Waals surface area contributed by atoms with Gasteiger partial charge in [-0.1, -0.05) is 12.8 Å². The van der Waals surface area contributed by atoms with E-state index in [-0.39, 0.29) is 19.2 Å². The largest absolute Gasteiger partial charge is 0.444 e. The lowest BCUT2D eigenvalue weighted by Crippen LogP contribution is -2.51. The van der Waals surface area contributed by atoms with E-state index in [4.69, 9.17) is 4.74 Å². The van der Waals surface area contributed by atoms with E-state index in [1.54, 1.807) is 4.90 Å². The van der Waals surface area contributed by atoms with Gasteiger partial charge in [0.2, 0.25) is 0 Å². The lowest BCUT2D eigenvalue weighted by molar-refractivity contribution is -0.0983. The molecule has 1 unspecified atom stereocenters. The van der Waals surface area contributed by atoms with Gasteiger partial charge in [-0.05, 0) is 40.0 Å². The molecule has 1 saturated carbocycles. The number of carbonyl (C=O) groups is 1. The third-order valence-corrected chi connectivity index (χ3v) is 4.75. The lowest BCUT2D eigenvalue weighted by atomic mass is 9.70. The zero-order chi connectivity index (χ0) is 15.0. The van der Waals surface area contributed by atoms with Gasteiger partial charge in [-0.25, -0.2) is 4.79 Å². The molecule has 0 aromatic rings. The first-order valence-electron chi connectivity index (χ1n) is 7.53. The normalized spacial score (nSPS) is 29.8. The number of rotatable bonds is 2. The molecule has 1 aliphatic heterocycles. The summed E-state index contributed by atoms with van der Waals surface area (Å²) in [6, 6.07) is 0. The first-order chi connectivity index (χ1) is 9.21. The predicted octanol–water partition coefficient (Wildman–Crippen LogP) is 1.91. The maximum absolute atomic E-state index is 12.1. The summed E-state index contributed by atoms with van der Waals surface area (Å²) in [6.45, 7) is 6.25. The van der Waals surface area contributed by atoms with Gasteiger partial charge in [-0.2, -0.15) is 0 Å². The Bertz CT molecular complexity index is 371. The fraction of sp³-hybridized carbons (Fsp3) is 0.933. The number of amides is 1. The van der Waals surface area contributed by atoms with E-state index >= 15 is 0 Å². The molecule has 5 nitrogen and oxygen atoms in total. The summed E-state index contributed by atoms with van der Waals surface area (Å²) in [5.41, 5.74) is -1.95. The second kappa shape index (κ2) is 5.19. The third kappa shape index (κ3) is 2.79. The highest BCUT2D eigenvalue weighted by molar-refractivity contribution is 5.68. The monoisotopic (exact) mass is 285 g/mol. The van der Waals surface area contributed by atoms with Crippen molar-refractivity contribution in [2.45, 2.75) is 64.1 Å². The smallest absolute Gasteiger partial charge is 0.410 e. The Kier molecular flexibility index (Phi) is 4.04. The average molecular weight is 285 g/mol. The molecule has 1 amide bonds. The number of aliphatic hydroxyl groups excluding tert-OH is 1. The highest BCUT2D eigenvalue weighted by Crippen LogP contribution is 2.50. The molecular formula is C15H27NO4. The van der Waals surface area contributed by atoms with Gasteiger partial charge in [0.15, 0.2) is 0 Å². The average Bonchev–Trinajstić information content (AvgIpc) is 2.94. The van der Waals surface area contributed by atoms with E-state index in [0.29, 0.717) is 13.0 Å². The second-order valence-electron chi connectivity index (χ2n) is 7.33. The van der Waals surface area contributed by atoms with Crippen LogP contribution in [0.25, 0.3) is 0 Å². The minimum absolute atomic E-state index is 0.00828. The molecule has 116 valence electrons. The Morgan fingerprint density at radius 2 is 1.85 bits per heavy atom. The number of ether oxygens (including phenoxy) is 1. The first-order valence-corrected chi connectivity index (χ1v) is 7.53. The van der Waals surface area contributed by atoms with Crippen LogP contribution in [-0.2, 0) is 4.74 Å². The van der Waals surface area contributed by atoms with Crippen molar-refractivity contribution in [3.63, 3.8) is 0 Å². The summed E-state index contributed by atoms with van der Waals surface area (Å²) < 4.78 is 5.36. The predicted molar refractivity (Wildman–Crippen MR) is 75.4 cm³/mol. The molecule has 0 radical (unpaired) electrons.